The van der Waals surface area contributed by atoms with Crippen LogP contribution in [0.2, 0.25) is 0 Å². The van der Waals surface area contributed by atoms with Crippen LogP contribution in [0.5, 0.6) is 5.75 Å². The van der Waals surface area contributed by atoms with Gasteiger partial charge in [-0.2, -0.15) is 0 Å². The van der Waals surface area contributed by atoms with Crippen LogP contribution in [-0.2, 0) is 14.3 Å². The zero-order valence-electron chi connectivity index (χ0n) is 19.2. The number of piperazine rings is 1. The number of nitrogens with one attached hydrogen (secondary N) is 1. The van der Waals surface area contributed by atoms with E-state index in [1.807, 2.05) is 31.2 Å². The Morgan fingerprint density at radius 2 is 1.76 bits per heavy atom. The maximum atomic E-state index is 12.7. The van der Waals surface area contributed by atoms with Crippen LogP contribution in [0.25, 0.3) is 0 Å². The first-order chi connectivity index (χ1) is 16.1. The van der Waals surface area contributed by atoms with Crippen molar-refractivity contribution in [2.45, 2.75) is 19.0 Å². The van der Waals surface area contributed by atoms with Gasteiger partial charge in [0.15, 0.2) is 0 Å². The van der Waals surface area contributed by atoms with Gasteiger partial charge in [0.05, 0.1) is 32.1 Å². The van der Waals surface area contributed by atoms with Crippen molar-refractivity contribution in [2.75, 3.05) is 64.5 Å². The second kappa shape index (κ2) is 11.0. The van der Waals surface area contributed by atoms with E-state index >= 15 is 0 Å². The van der Waals surface area contributed by atoms with E-state index < -0.39 is 11.8 Å². The highest BCUT2D eigenvalue weighted by atomic mass is 32.1. The molecule has 2 saturated heterocycles. The minimum absolute atomic E-state index is 0.00579. The summed E-state index contributed by atoms with van der Waals surface area (Å²) in [6.45, 7) is 7.26. The van der Waals surface area contributed by atoms with Crippen molar-refractivity contribution in [1.29, 1.82) is 0 Å². The molecule has 2 fully saturated rings. The molecule has 1 aromatic carbocycles. The van der Waals surface area contributed by atoms with Crippen LogP contribution >= 0.6 is 11.3 Å². The topological polar surface area (TPSA) is 74.4 Å². The molecule has 178 valence electrons. The maximum absolute atomic E-state index is 12.7. The number of carbonyl (C=O) groups is 2. The van der Waals surface area contributed by atoms with Crippen LogP contribution in [-0.4, -0.2) is 87.2 Å². The second-order valence-electron chi connectivity index (χ2n) is 8.32. The van der Waals surface area contributed by atoms with Crippen LogP contribution in [0.1, 0.15) is 17.8 Å². The Hall–Kier alpha value is -2.62. The van der Waals surface area contributed by atoms with Gasteiger partial charge in [0.2, 0.25) is 0 Å². The quantitative estimate of drug-likeness (QED) is 0.649. The van der Waals surface area contributed by atoms with Crippen molar-refractivity contribution < 1.29 is 19.1 Å². The normalized spacial score (nSPS) is 19.1. The van der Waals surface area contributed by atoms with E-state index in [0.717, 1.165) is 37.6 Å². The zero-order chi connectivity index (χ0) is 23.2. The Morgan fingerprint density at radius 3 is 2.42 bits per heavy atom. The van der Waals surface area contributed by atoms with E-state index in [1.54, 1.807) is 23.3 Å². The van der Waals surface area contributed by atoms with Crippen LogP contribution < -0.4 is 15.0 Å². The molecule has 33 heavy (non-hydrogen) atoms. The number of ether oxygens (including phenoxy) is 2. The van der Waals surface area contributed by atoms with Gasteiger partial charge in [0.25, 0.3) is 0 Å². The summed E-state index contributed by atoms with van der Waals surface area (Å²) in [7, 11) is 1.70. The molecule has 3 heterocycles. The Bertz CT molecular complexity index is 924. The number of hydrogen-bond donors (Lipinski definition) is 1. The molecule has 8 nitrogen and oxygen atoms in total. The third-order valence-electron chi connectivity index (χ3n) is 6.29. The summed E-state index contributed by atoms with van der Waals surface area (Å²) in [4.78, 5) is 32.8. The molecule has 1 aromatic heterocycles. The summed E-state index contributed by atoms with van der Waals surface area (Å²) in [5.41, 5.74) is 1.10. The molecule has 1 N–H and O–H groups in total. The van der Waals surface area contributed by atoms with Gasteiger partial charge < -0.3 is 24.6 Å². The SMILES string of the molecule is COc1ccccc1N1CCN([C@@H](c2cccs2)[C@H](C)NC(=O)C(=O)N2CCOCC2)CC1. The number of rotatable bonds is 6. The van der Waals surface area contributed by atoms with Crippen molar-refractivity contribution in [1.82, 2.24) is 15.1 Å². The minimum Gasteiger partial charge on any atom is -0.495 e. The standard InChI is InChI=1S/C24H32N4O4S/c1-18(25-23(29)24(30)28-13-15-32-16-14-28)22(21-8-5-17-33-21)27-11-9-26(10-12-27)19-6-3-4-7-20(19)31-2/h3-8,17-18,22H,9-16H2,1-2H3,(H,25,29)/t18-,22+/m0/s1. The average molecular weight is 473 g/mol. The Balaban J connectivity index is 1.42. The van der Waals surface area contributed by atoms with Crippen molar-refractivity contribution in [3.8, 4) is 5.75 Å². The van der Waals surface area contributed by atoms with Crippen LogP contribution in [0, 0.1) is 0 Å². The van der Waals surface area contributed by atoms with Gasteiger partial charge in [-0.25, -0.2) is 0 Å². The van der Waals surface area contributed by atoms with Gasteiger partial charge in [0.1, 0.15) is 5.75 Å². The largest absolute Gasteiger partial charge is 0.495 e. The molecule has 0 saturated carbocycles. The predicted octanol–water partition coefficient (Wildman–Crippen LogP) is 1.98. The molecule has 0 bridgehead atoms. The number of nitrogens with zero attached hydrogens (tertiary/aromatic N) is 3. The highest BCUT2D eigenvalue weighted by molar-refractivity contribution is 7.10. The smallest absolute Gasteiger partial charge is 0.312 e. The zero-order valence-corrected chi connectivity index (χ0v) is 20.1. The highest BCUT2D eigenvalue weighted by Gasteiger charge is 2.33. The Kier molecular flexibility index (Phi) is 7.85. The lowest BCUT2D eigenvalue weighted by molar-refractivity contribution is -0.149. The van der Waals surface area contributed by atoms with Crippen molar-refractivity contribution >= 4 is 28.8 Å². The number of morpholine rings is 1. The number of para-hydroxylation sites is 2. The van der Waals surface area contributed by atoms with Crippen LogP contribution in [0.15, 0.2) is 41.8 Å². The summed E-state index contributed by atoms with van der Waals surface area (Å²) in [5.74, 6) is -0.141. The van der Waals surface area contributed by atoms with E-state index in [4.69, 9.17) is 9.47 Å². The second-order valence-corrected chi connectivity index (χ2v) is 9.30. The number of benzene rings is 1. The lowest BCUT2D eigenvalue weighted by Crippen LogP contribution is -2.54. The van der Waals surface area contributed by atoms with Gasteiger partial charge >= 0.3 is 11.8 Å². The maximum Gasteiger partial charge on any atom is 0.312 e. The summed E-state index contributed by atoms with van der Waals surface area (Å²) in [5, 5.41) is 5.04. The molecule has 9 heteroatoms. The lowest BCUT2D eigenvalue weighted by atomic mass is 10.0. The van der Waals surface area contributed by atoms with Crippen molar-refractivity contribution in [2.24, 2.45) is 0 Å². The predicted molar refractivity (Wildman–Crippen MR) is 129 cm³/mol. The molecule has 2 atom stereocenters. The van der Waals surface area contributed by atoms with E-state index in [1.165, 1.54) is 4.88 Å². The first-order valence-electron chi connectivity index (χ1n) is 11.4. The molecule has 4 rings (SSSR count). The fourth-order valence-electron chi connectivity index (χ4n) is 4.59. The van der Waals surface area contributed by atoms with Gasteiger partial charge in [-0.05, 0) is 30.5 Å². The molecule has 0 aliphatic carbocycles. The molecule has 0 spiro atoms. The summed E-state index contributed by atoms with van der Waals surface area (Å²) >= 11 is 1.68. The number of thiophene rings is 1. The van der Waals surface area contributed by atoms with E-state index in [2.05, 4.69) is 32.6 Å². The third kappa shape index (κ3) is 5.48. The molecule has 2 amide bonds. The molecule has 2 aliphatic heterocycles. The minimum atomic E-state index is -0.543. The highest BCUT2D eigenvalue weighted by Crippen LogP contribution is 2.32. The molecular weight excluding hydrogens is 440 g/mol. The summed E-state index contributed by atoms with van der Waals surface area (Å²) < 4.78 is 10.8. The fourth-order valence-corrected chi connectivity index (χ4v) is 5.56. The Labute approximate surface area is 199 Å². The third-order valence-corrected chi connectivity index (χ3v) is 7.24. The first kappa shape index (κ1) is 23.5. The monoisotopic (exact) mass is 472 g/mol. The Morgan fingerprint density at radius 1 is 1.03 bits per heavy atom. The molecule has 0 radical (unpaired) electrons. The van der Waals surface area contributed by atoms with E-state index in [0.29, 0.717) is 26.3 Å². The average Bonchev–Trinajstić information content (AvgIpc) is 3.39. The van der Waals surface area contributed by atoms with Crippen LogP contribution in [0.4, 0.5) is 5.69 Å². The fraction of sp³-hybridized carbons (Fsp3) is 0.500. The summed E-state index contributed by atoms with van der Waals surface area (Å²) in [6, 6.07) is 12.0. The molecular formula is C24H32N4O4S. The molecule has 2 aliphatic rings. The summed E-state index contributed by atoms with van der Waals surface area (Å²) in [6.07, 6.45) is 0. The van der Waals surface area contributed by atoms with E-state index in [9.17, 15) is 9.59 Å². The molecule has 2 aromatic rings. The van der Waals surface area contributed by atoms with Crippen LogP contribution in [0.3, 0.4) is 0 Å². The van der Waals surface area contributed by atoms with Gasteiger partial charge in [0, 0.05) is 50.2 Å². The number of amides is 2. The lowest BCUT2D eigenvalue weighted by Gasteiger charge is -2.42. The number of hydrogen-bond acceptors (Lipinski definition) is 7. The van der Waals surface area contributed by atoms with Gasteiger partial charge in [-0.15, -0.1) is 11.3 Å². The van der Waals surface area contributed by atoms with E-state index in [-0.39, 0.29) is 12.1 Å². The van der Waals surface area contributed by atoms with Crippen molar-refractivity contribution in [3.05, 3.63) is 46.7 Å². The number of anilines is 1. The first-order valence-corrected chi connectivity index (χ1v) is 12.3. The number of methoxy groups -OCH3 is 1. The van der Waals surface area contributed by atoms with Crippen molar-refractivity contribution in [3.63, 3.8) is 0 Å². The van der Waals surface area contributed by atoms with Gasteiger partial charge in [-0.1, -0.05) is 18.2 Å². The number of carbonyl (C=O) groups excluding carboxylic acids is 2. The van der Waals surface area contributed by atoms with Gasteiger partial charge in [-0.3, -0.25) is 14.5 Å². The molecule has 0 unspecified atom stereocenters.